The second-order valence-corrected chi connectivity index (χ2v) is 8.13. The molecule has 9 heteroatoms. The fourth-order valence-corrected chi connectivity index (χ4v) is 4.30. The molecule has 0 aliphatic heterocycles. The zero-order chi connectivity index (χ0) is 23.0. The summed E-state index contributed by atoms with van der Waals surface area (Å²) in [4.78, 5) is 7.72. The van der Waals surface area contributed by atoms with Crippen molar-refractivity contribution in [2.75, 3.05) is 13.7 Å². The number of nitrogens with one attached hydrogen (secondary N) is 1. The first-order valence-electron chi connectivity index (χ1n) is 10.2. The van der Waals surface area contributed by atoms with Gasteiger partial charge >= 0.3 is 0 Å². The topological polar surface area (TPSA) is 96.2 Å². The zero-order valence-corrected chi connectivity index (χ0v) is 18.7. The predicted molar refractivity (Wildman–Crippen MR) is 121 cm³/mol. The van der Waals surface area contributed by atoms with Crippen molar-refractivity contribution >= 4 is 22.6 Å². The van der Waals surface area contributed by atoms with Crippen LogP contribution in [-0.4, -0.2) is 49.8 Å². The van der Waals surface area contributed by atoms with E-state index in [2.05, 4.69) is 15.1 Å². The molecule has 0 spiro atoms. The summed E-state index contributed by atoms with van der Waals surface area (Å²) in [5.74, 6) is -0.245. The van der Waals surface area contributed by atoms with Crippen LogP contribution in [0.5, 0.6) is 5.75 Å². The Balaban J connectivity index is 1.78. The number of aromatic amines is 1. The summed E-state index contributed by atoms with van der Waals surface area (Å²) in [7, 11) is 1.53. The van der Waals surface area contributed by atoms with Crippen molar-refractivity contribution in [3.63, 3.8) is 0 Å². The van der Waals surface area contributed by atoms with Crippen molar-refractivity contribution in [3.05, 3.63) is 64.5 Å². The van der Waals surface area contributed by atoms with Crippen LogP contribution in [0.2, 0.25) is 5.02 Å². The lowest BCUT2D eigenvalue weighted by Gasteiger charge is -2.17. The quantitative estimate of drug-likeness (QED) is 0.388. The minimum Gasteiger partial charge on any atom is -0.496 e. The normalized spacial score (nSPS) is 13.5. The number of aryl methyl sites for hydroxylation is 1. The fraction of sp³-hybridized carbons (Fsp3) is 0.304. The number of rotatable bonds is 7. The van der Waals surface area contributed by atoms with Gasteiger partial charge in [0.2, 0.25) is 0 Å². The molecule has 3 N–H and O–H groups in total. The van der Waals surface area contributed by atoms with Crippen LogP contribution in [0.25, 0.3) is 22.2 Å². The highest BCUT2D eigenvalue weighted by Crippen LogP contribution is 2.41. The number of methoxy groups -OCH3 is 1. The first-order chi connectivity index (χ1) is 15.3. The van der Waals surface area contributed by atoms with Gasteiger partial charge in [-0.2, -0.15) is 5.10 Å². The van der Waals surface area contributed by atoms with Crippen LogP contribution in [-0.2, 0) is 6.54 Å². The lowest BCUT2D eigenvalue weighted by molar-refractivity contribution is 0.0782. The van der Waals surface area contributed by atoms with E-state index in [4.69, 9.17) is 21.4 Å². The van der Waals surface area contributed by atoms with Gasteiger partial charge in [0.1, 0.15) is 17.2 Å². The molecule has 0 unspecified atom stereocenters. The second-order valence-electron chi connectivity index (χ2n) is 7.75. The number of aliphatic hydroxyl groups excluding tert-OH is 2. The summed E-state index contributed by atoms with van der Waals surface area (Å²) < 4.78 is 21.3. The molecule has 3 heterocycles. The lowest BCUT2D eigenvalue weighted by Crippen LogP contribution is -2.20. The minimum atomic E-state index is -0.883. The van der Waals surface area contributed by atoms with E-state index in [-0.39, 0.29) is 24.1 Å². The number of pyridine rings is 1. The number of hydrogen-bond donors (Lipinski definition) is 3. The van der Waals surface area contributed by atoms with Crippen molar-refractivity contribution < 1.29 is 19.3 Å². The third kappa shape index (κ3) is 3.97. The molecule has 0 amide bonds. The van der Waals surface area contributed by atoms with Crippen LogP contribution in [0.1, 0.15) is 29.7 Å². The van der Waals surface area contributed by atoms with E-state index in [1.54, 1.807) is 16.9 Å². The van der Waals surface area contributed by atoms with E-state index >= 15 is 0 Å². The van der Waals surface area contributed by atoms with Crippen LogP contribution in [0.4, 0.5) is 4.39 Å². The molecule has 4 rings (SSSR count). The smallest absolute Gasteiger partial charge is 0.142 e. The van der Waals surface area contributed by atoms with E-state index < -0.39 is 11.9 Å². The Morgan fingerprint density at radius 1 is 1.34 bits per heavy atom. The maximum absolute atomic E-state index is 14.2. The van der Waals surface area contributed by atoms with Gasteiger partial charge in [0.25, 0.3) is 0 Å². The molecule has 1 aromatic carbocycles. The van der Waals surface area contributed by atoms with Crippen LogP contribution >= 0.6 is 11.6 Å². The molecule has 2 atom stereocenters. The summed E-state index contributed by atoms with van der Waals surface area (Å²) in [6.45, 7) is 3.67. The summed E-state index contributed by atoms with van der Waals surface area (Å²) in [5, 5.41) is 24.1. The first kappa shape index (κ1) is 22.3. The van der Waals surface area contributed by atoms with E-state index in [0.717, 1.165) is 27.8 Å². The van der Waals surface area contributed by atoms with Gasteiger partial charge in [-0.1, -0.05) is 18.5 Å². The molecule has 3 aromatic heterocycles. The maximum atomic E-state index is 14.2. The molecule has 0 fully saturated rings. The third-order valence-electron chi connectivity index (χ3n) is 5.64. The van der Waals surface area contributed by atoms with Crippen molar-refractivity contribution in [2.24, 2.45) is 0 Å². The molecule has 4 aromatic rings. The number of halogens is 2. The van der Waals surface area contributed by atoms with Crippen LogP contribution in [0.15, 0.2) is 36.8 Å². The van der Waals surface area contributed by atoms with Gasteiger partial charge in [-0.05, 0) is 30.7 Å². The Morgan fingerprint density at radius 3 is 2.84 bits per heavy atom. The molecule has 0 saturated heterocycles. The molecule has 7 nitrogen and oxygen atoms in total. The highest BCUT2D eigenvalue weighted by atomic mass is 35.5. The van der Waals surface area contributed by atoms with Gasteiger partial charge < -0.3 is 19.9 Å². The number of H-pyrrole nitrogens is 1. The van der Waals surface area contributed by atoms with Gasteiger partial charge in [-0.3, -0.25) is 4.68 Å². The molecule has 0 saturated carbocycles. The van der Waals surface area contributed by atoms with E-state index in [1.807, 2.05) is 32.3 Å². The summed E-state index contributed by atoms with van der Waals surface area (Å²) in [5.41, 5.74) is 4.67. The van der Waals surface area contributed by atoms with Crippen molar-refractivity contribution in [2.45, 2.75) is 32.4 Å². The van der Waals surface area contributed by atoms with Gasteiger partial charge in [-0.25, -0.2) is 9.37 Å². The Hall–Kier alpha value is -2.94. The van der Waals surface area contributed by atoms with Gasteiger partial charge in [-0.15, -0.1) is 0 Å². The SMILES string of the molecule is COc1ccc(F)c(Cl)c1[C@@H](C)c1c[nH]c2ncc(-c3cn(C[C@H](O)CO)nc3C)cc12. The molecule has 32 heavy (non-hydrogen) atoms. The molecule has 0 aliphatic rings. The van der Waals surface area contributed by atoms with E-state index in [1.165, 1.54) is 13.2 Å². The number of aromatic nitrogens is 4. The van der Waals surface area contributed by atoms with Crippen molar-refractivity contribution in [3.8, 4) is 16.9 Å². The van der Waals surface area contributed by atoms with Gasteiger partial charge in [0.05, 0.1) is 37.1 Å². The average molecular weight is 459 g/mol. The number of ether oxygens (including phenoxy) is 1. The molecule has 0 radical (unpaired) electrons. The molecule has 0 bridgehead atoms. The Morgan fingerprint density at radius 2 is 2.12 bits per heavy atom. The number of hydrogen-bond acceptors (Lipinski definition) is 5. The van der Waals surface area contributed by atoms with E-state index in [9.17, 15) is 9.50 Å². The number of nitrogens with zero attached hydrogens (tertiary/aromatic N) is 3. The largest absolute Gasteiger partial charge is 0.496 e. The Labute approximate surface area is 189 Å². The van der Waals surface area contributed by atoms with E-state index in [0.29, 0.717) is 17.0 Å². The maximum Gasteiger partial charge on any atom is 0.142 e. The van der Waals surface area contributed by atoms with Crippen LogP contribution in [0, 0.1) is 12.7 Å². The molecular formula is C23H24ClFN4O3. The number of benzene rings is 1. The Kier molecular flexibility index (Phi) is 6.19. The standard InChI is InChI=1S/C23H24ClFN4O3/c1-12(21-20(32-3)5-4-19(25)22(21)24)17-8-27-23-16(17)6-14(7-26-23)18-10-29(28-13(18)2)9-15(31)11-30/h4-8,10,12,15,30-31H,9,11H2,1-3H3,(H,26,27)/t12-,15-/m0/s1. The first-order valence-corrected chi connectivity index (χ1v) is 10.5. The summed E-state index contributed by atoms with van der Waals surface area (Å²) in [6.07, 6.45) is 4.53. The molecule has 0 aliphatic carbocycles. The summed E-state index contributed by atoms with van der Waals surface area (Å²) in [6, 6.07) is 4.87. The van der Waals surface area contributed by atoms with Crippen molar-refractivity contribution in [1.82, 2.24) is 19.7 Å². The van der Waals surface area contributed by atoms with Crippen LogP contribution < -0.4 is 4.74 Å². The highest BCUT2D eigenvalue weighted by molar-refractivity contribution is 6.31. The lowest BCUT2D eigenvalue weighted by atomic mass is 9.91. The van der Waals surface area contributed by atoms with Gasteiger partial charge in [0, 0.05) is 46.6 Å². The number of fused-ring (bicyclic) bond motifs is 1. The monoisotopic (exact) mass is 458 g/mol. The third-order valence-corrected chi connectivity index (χ3v) is 6.03. The fourth-order valence-electron chi connectivity index (χ4n) is 3.98. The number of aliphatic hydroxyl groups is 2. The highest BCUT2D eigenvalue weighted by Gasteiger charge is 2.23. The minimum absolute atomic E-state index is 0.0369. The van der Waals surface area contributed by atoms with Crippen LogP contribution in [0.3, 0.4) is 0 Å². The molecule has 168 valence electrons. The Bertz CT molecular complexity index is 1270. The van der Waals surface area contributed by atoms with Crippen molar-refractivity contribution in [1.29, 1.82) is 0 Å². The zero-order valence-electron chi connectivity index (χ0n) is 17.9. The predicted octanol–water partition coefficient (Wildman–Crippen LogP) is 4.04. The average Bonchev–Trinajstić information content (AvgIpc) is 3.37. The second kappa shape index (κ2) is 8.90. The summed E-state index contributed by atoms with van der Waals surface area (Å²) >= 11 is 6.31. The van der Waals surface area contributed by atoms with Gasteiger partial charge in [0.15, 0.2) is 0 Å². The molecular weight excluding hydrogens is 435 g/mol.